The number of rotatable bonds is 4. The second-order valence-corrected chi connectivity index (χ2v) is 3.96. The van der Waals surface area contributed by atoms with Gasteiger partial charge in [0, 0.05) is 0 Å². The first-order valence-electron chi connectivity index (χ1n) is 5.80. The second kappa shape index (κ2) is 6.06. The minimum Gasteiger partial charge on any atom is -0.394 e. The van der Waals surface area contributed by atoms with Crippen molar-refractivity contribution in [2.45, 2.75) is 6.04 Å². The number of carbonyl (C=O) groups is 1. The summed E-state index contributed by atoms with van der Waals surface area (Å²) in [7, 11) is 0. The minimum absolute atomic E-state index is 0.0191. The zero-order chi connectivity index (χ0) is 13.7. The zero-order valence-electron chi connectivity index (χ0n) is 10.1. The van der Waals surface area contributed by atoms with Crippen molar-refractivity contribution in [3.05, 3.63) is 65.7 Å². The van der Waals surface area contributed by atoms with E-state index in [-0.39, 0.29) is 12.3 Å². The molecule has 1 heterocycles. The number of nitrogens with zero attached hydrogens (tertiary/aromatic N) is 1. The average molecular weight is 260 g/mol. The van der Waals surface area contributed by atoms with Gasteiger partial charge < -0.3 is 10.4 Å². The molecule has 2 N–H and O–H groups in total. The summed E-state index contributed by atoms with van der Waals surface area (Å²) < 4.78 is 12.9. The first-order valence-corrected chi connectivity index (χ1v) is 5.80. The fourth-order valence-corrected chi connectivity index (χ4v) is 1.69. The van der Waals surface area contributed by atoms with Crippen molar-refractivity contribution >= 4 is 5.91 Å². The number of hydrogen-bond acceptors (Lipinski definition) is 3. The molecule has 1 amide bonds. The molecule has 0 saturated heterocycles. The number of carbonyl (C=O) groups excluding carboxylic acids is 1. The molecule has 0 unspecified atom stereocenters. The molecule has 0 saturated carbocycles. The first-order chi connectivity index (χ1) is 9.20. The number of aliphatic hydroxyl groups is 1. The molecule has 19 heavy (non-hydrogen) atoms. The molecule has 0 radical (unpaired) electrons. The minimum atomic E-state index is -0.715. The van der Waals surface area contributed by atoms with Crippen LogP contribution in [0.2, 0.25) is 0 Å². The van der Waals surface area contributed by atoms with Crippen molar-refractivity contribution < 1.29 is 14.3 Å². The molecule has 0 aliphatic carbocycles. The van der Waals surface area contributed by atoms with Crippen LogP contribution in [0.15, 0.2) is 48.5 Å². The summed E-state index contributed by atoms with van der Waals surface area (Å²) in [6.07, 6.45) is 0. The van der Waals surface area contributed by atoms with Crippen molar-refractivity contribution in [2.24, 2.45) is 0 Å². The highest BCUT2D eigenvalue weighted by Gasteiger charge is 2.15. The first kappa shape index (κ1) is 13.2. The predicted octanol–water partition coefficient (Wildman–Crippen LogP) is 1.68. The van der Waals surface area contributed by atoms with E-state index in [9.17, 15) is 14.3 Å². The van der Waals surface area contributed by atoms with Crippen molar-refractivity contribution in [2.75, 3.05) is 6.61 Å². The predicted molar refractivity (Wildman–Crippen MR) is 67.9 cm³/mol. The Balaban J connectivity index is 2.13. The summed E-state index contributed by atoms with van der Waals surface area (Å²) in [6, 6.07) is 12.5. The smallest absolute Gasteiger partial charge is 0.270 e. The molecule has 0 aliphatic heterocycles. The summed E-state index contributed by atoms with van der Waals surface area (Å²) in [5.74, 6) is -1.24. The molecule has 1 aromatic heterocycles. The highest BCUT2D eigenvalue weighted by atomic mass is 19.1. The van der Waals surface area contributed by atoms with E-state index in [4.69, 9.17) is 0 Å². The van der Waals surface area contributed by atoms with Crippen LogP contribution >= 0.6 is 0 Å². The number of aromatic nitrogens is 1. The van der Waals surface area contributed by atoms with Crippen LogP contribution in [0.4, 0.5) is 4.39 Å². The summed E-state index contributed by atoms with van der Waals surface area (Å²) in [5, 5.41) is 11.9. The molecule has 1 atom stereocenters. The number of nitrogens with one attached hydrogen (secondary N) is 1. The lowest BCUT2D eigenvalue weighted by atomic mass is 10.1. The van der Waals surface area contributed by atoms with E-state index in [0.29, 0.717) is 0 Å². The average Bonchev–Trinajstić information content (AvgIpc) is 2.45. The van der Waals surface area contributed by atoms with E-state index in [1.165, 1.54) is 12.1 Å². The van der Waals surface area contributed by atoms with Crippen LogP contribution in [0.5, 0.6) is 0 Å². The fourth-order valence-electron chi connectivity index (χ4n) is 1.69. The zero-order valence-corrected chi connectivity index (χ0v) is 10.1. The highest BCUT2D eigenvalue weighted by molar-refractivity contribution is 5.92. The summed E-state index contributed by atoms with van der Waals surface area (Å²) in [6.45, 7) is -0.245. The van der Waals surface area contributed by atoms with Gasteiger partial charge in [-0.1, -0.05) is 36.4 Å². The third kappa shape index (κ3) is 3.35. The van der Waals surface area contributed by atoms with E-state index in [2.05, 4.69) is 10.3 Å². The molecule has 1 aromatic carbocycles. The molecule has 4 nitrogen and oxygen atoms in total. The van der Waals surface area contributed by atoms with Crippen LogP contribution in [0, 0.1) is 5.95 Å². The Morgan fingerprint density at radius 1 is 1.21 bits per heavy atom. The van der Waals surface area contributed by atoms with Crippen molar-refractivity contribution in [3.8, 4) is 0 Å². The van der Waals surface area contributed by atoms with Gasteiger partial charge in [-0.25, -0.2) is 4.98 Å². The number of benzene rings is 1. The molecule has 98 valence electrons. The van der Waals surface area contributed by atoms with E-state index >= 15 is 0 Å². The number of amides is 1. The molecule has 5 heteroatoms. The lowest BCUT2D eigenvalue weighted by Gasteiger charge is -2.16. The number of pyridine rings is 1. The lowest BCUT2D eigenvalue weighted by Crippen LogP contribution is -2.31. The maximum Gasteiger partial charge on any atom is 0.270 e. The van der Waals surface area contributed by atoms with Gasteiger partial charge in [-0.05, 0) is 17.7 Å². The Morgan fingerprint density at radius 3 is 2.58 bits per heavy atom. The molecule has 2 aromatic rings. The second-order valence-electron chi connectivity index (χ2n) is 3.96. The van der Waals surface area contributed by atoms with Crippen LogP contribution in [0.1, 0.15) is 22.1 Å². The van der Waals surface area contributed by atoms with Gasteiger partial charge in [-0.3, -0.25) is 4.79 Å². The van der Waals surface area contributed by atoms with Gasteiger partial charge in [0.2, 0.25) is 5.95 Å². The van der Waals surface area contributed by atoms with Gasteiger partial charge in [-0.2, -0.15) is 4.39 Å². The normalized spacial score (nSPS) is 11.9. The van der Waals surface area contributed by atoms with Gasteiger partial charge in [0.15, 0.2) is 0 Å². The third-order valence-corrected chi connectivity index (χ3v) is 2.64. The Hall–Kier alpha value is -2.27. The van der Waals surface area contributed by atoms with Gasteiger partial charge in [-0.15, -0.1) is 0 Å². The van der Waals surface area contributed by atoms with Crippen LogP contribution in [-0.4, -0.2) is 22.6 Å². The van der Waals surface area contributed by atoms with Gasteiger partial charge >= 0.3 is 0 Å². The Labute approximate surface area is 109 Å². The standard InChI is InChI=1S/C14H13FN2O2/c15-13-8-4-7-11(16-13)14(19)17-12(9-18)10-5-2-1-3-6-10/h1-8,12,18H,9H2,(H,17,19)/t12-/m1/s1. The van der Waals surface area contributed by atoms with Crippen LogP contribution in [-0.2, 0) is 0 Å². The maximum absolute atomic E-state index is 12.9. The van der Waals surface area contributed by atoms with Crippen LogP contribution in [0.3, 0.4) is 0 Å². The monoisotopic (exact) mass is 260 g/mol. The topological polar surface area (TPSA) is 62.2 Å². The lowest BCUT2D eigenvalue weighted by molar-refractivity contribution is 0.0910. The Kier molecular flexibility index (Phi) is 4.20. The van der Waals surface area contributed by atoms with E-state index in [1.54, 1.807) is 12.1 Å². The van der Waals surface area contributed by atoms with E-state index in [1.807, 2.05) is 18.2 Å². The molecule has 0 bridgehead atoms. The third-order valence-electron chi connectivity index (χ3n) is 2.64. The molecular weight excluding hydrogens is 247 g/mol. The summed E-state index contributed by atoms with van der Waals surface area (Å²) in [5.41, 5.74) is 0.754. The fraction of sp³-hybridized carbons (Fsp3) is 0.143. The molecule has 2 rings (SSSR count). The quantitative estimate of drug-likeness (QED) is 0.822. The molecule has 0 spiro atoms. The van der Waals surface area contributed by atoms with Crippen molar-refractivity contribution in [1.82, 2.24) is 10.3 Å². The molecule has 0 aliphatic rings. The highest BCUT2D eigenvalue weighted by Crippen LogP contribution is 2.12. The van der Waals surface area contributed by atoms with Gasteiger partial charge in [0.05, 0.1) is 12.6 Å². The van der Waals surface area contributed by atoms with Gasteiger partial charge in [0.25, 0.3) is 5.91 Å². The SMILES string of the molecule is O=C(N[C@H](CO)c1ccccc1)c1cccc(F)n1. The van der Waals surface area contributed by atoms with Crippen molar-refractivity contribution in [3.63, 3.8) is 0 Å². The van der Waals surface area contributed by atoms with E-state index in [0.717, 1.165) is 11.6 Å². The van der Waals surface area contributed by atoms with Crippen LogP contribution < -0.4 is 5.32 Å². The van der Waals surface area contributed by atoms with Gasteiger partial charge in [0.1, 0.15) is 5.69 Å². The number of aliphatic hydroxyl groups excluding tert-OH is 1. The molecular formula is C14H13FN2O2. The van der Waals surface area contributed by atoms with Crippen LogP contribution in [0.25, 0.3) is 0 Å². The van der Waals surface area contributed by atoms with Crippen molar-refractivity contribution in [1.29, 1.82) is 0 Å². The summed E-state index contributed by atoms with van der Waals surface area (Å²) in [4.78, 5) is 15.4. The Bertz CT molecular complexity index is 560. The number of halogens is 1. The summed E-state index contributed by atoms with van der Waals surface area (Å²) >= 11 is 0. The van der Waals surface area contributed by atoms with E-state index < -0.39 is 17.9 Å². The Morgan fingerprint density at radius 2 is 1.95 bits per heavy atom. The molecule has 0 fully saturated rings. The maximum atomic E-state index is 12.9. The largest absolute Gasteiger partial charge is 0.394 e. The number of hydrogen-bond donors (Lipinski definition) is 2.